The van der Waals surface area contributed by atoms with Crippen LogP contribution < -0.4 is 4.90 Å². The molecule has 2 fully saturated rings. The molecule has 2 aliphatic heterocycles. The normalized spacial score (nSPS) is 18.4. The summed E-state index contributed by atoms with van der Waals surface area (Å²) < 4.78 is 5.52. The Morgan fingerprint density at radius 3 is 2.52 bits per heavy atom. The van der Waals surface area contributed by atoms with Gasteiger partial charge in [0.1, 0.15) is 0 Å². The summed E-state index contributed by atoms with van der Waals surface area (Å²) in [6.07, 6.45) is 2.06. The zero-order valence-corrected chi connectivity index (χ0v) is 20.0. The van der Waals surface area contributed by atoms with Crippen molar-refractivity contribution in [2.45, 2.75) is 26.7 Å². The predicted molar refractivity (Wildman–Crippen MR) is 131 cm³/mol. The second-order valence-electron chi connectivity index (χ2n) is 8.51. The van der Waals surface area contributed by atoms with Crippen molar-refractivity contribution in [2.75, 3.05) is 64.4 Å². The van der Waals surface area contributed by atoms with Crippen LogP contribution in [0.4, 0.5) is 5.95 Å². The number of hydrogen-bond donors (Lipinski definition) is 0. The molecule has 0 bridgehead atoms. The van der Waals surface area contributed by atoms with E-state index in [1.165, 1.54) is 11.1 Å². The highest BCUT2D eigenvalue weighted by atomic mass is 31.0. The van der Waals surface area contributed by atoms with Gasteiger partial charge in [-0.3, -0.25) is 4.90 Å². The minimum absolute atomic E-state index is 0.733. The largest absolute Gasteiger partial charge is 0.378 e. The fourth-order valence-electron chi connectivity index (χ4n) is 4.30. The maximum atomic E-state index is 5.52. The first-order valence-electron chi connectivity index (χ1n) is 11.4. The van der Waals surface area contributed by atoms with Crippen LogP contribution in [0.25, 0.3) is 11.3 Å². The van der Waals surface area contributed by atoms with Gasteiger partial charge in [0, 0.05) is 55.9 Å². The lowest BCUT2D eigenvalue weighted by Gasteiger charge is -2.33. The van der Waals surface area contributed by atoms with Crippen LogP contribution in [-0.4, -0.2) is 84.7 Å². The fourth-order valence-corrected chi connectivity index (χ4v) is 4.68. The van der Waals surface area contributed by atoms with Gasteiger partial charge in [0.05, 0.1) is 18.9 Å². The van der Waals surface area contributed by atoms with Crippen LogP contribution in [0.15, 0.2) is 24.3 Å². The Morgan fingerprint density at radius 1 is 1.06 bits per heavy atom. The summed E-state index contributed by atoms with van der Waals surface area (Å²) in [5.41, 5.74) is 6.92. The van der Waals surface area contributed by atoms with Gasteiger partial charge in [-0.25, -0.2) is 9.97 Å². The Kier molecular flexibility index (Phi) is 7.34. The lowest BCUT2D eigenvalue weighted by Crippen LogP contribution is -2.46. The van der Waals surface area contributed by atoms with Gasteiger partial charge in [-0.1, -0.05) is 31.5 Å². The van der Waals surface area contributed by atoms with Crippen LogP contribution >= 0.6 is 8.86 Å². The molecule has 3 heterocycles. The molecule has 0 amide bonds. The molecule has 31 heavy (non-hydrogen) atoms. The third-order valence-corrected chi connectivity index (χ3v) is 6.83. The molecular weight excluding hydrogens is 405 g/mol. The number of piperazine rings is 1. The highest BCUT2D eigenvalue weighted by Gasteiger charge is 2.21. The minimum atomic E-state index is 0.733. The van der Waals surface area contributed by atoms with Gasteiger partial charge >= 0.3 is 0 Å². The monoisotopic (exact) mass is 439 g/mol. The van der Waals surface area contributed by atoms with Gasteiger partial charge in [0.15, 0.2) is 0 Å². The molecule has 0 spiro atoms. The van der Waals surface area contributed by atoms with Crippen LogP contribution in [0.1, 0.15) is 30.2 Å². The molecule has 2 aromatic rings. The van der Waals surface area contributed by atoms with Crippen molar-refractivity contribution in [1.29, 1.82) is 0 Å². The van der Waals surface area contributed by atoms with E-state index in [2.05, 4.69) is 68.7 Å². The number of rotatable bonds is 6. The predicted octanol–water partition coefficient (Wildman–Crippen LogP) is 3.11. The Balaban J connectivity index is 1.68. The van der Waals surface area contributed by atoms with Crippen molar-refractivity contribution < 1.29 is 4.74 Å². The van der Waals surface area contributed by atoms with Crippen LogP contribution in [0.5, 0.6) is 0 Å². The minimum Gasteiger partial charge on any atom is -0.378 e. The maximum absolute atomic E-state index is 5.52. The topological polar surface area (TPSA) is 44.7 Å². The molecular formula is C24H34N5OP. The third-order valence-electron chi connectivity index (χ3n) is 6.22. The van der Waals surface area contributed by atoms with E-state index in [1.807, 2.05) is 0 Å². The molecule has 0 radical (unpaired) electrons. The van der Waals surface area contributed by atoms with E-state index in [0.717, 1.165) is 93.6 Å². The Morgan fingerprint density at radius 2 is 1.81 bits per heavy atom. The van der Waals surface area contributed by atoms with Crippen molar-refractivity contribution in [1.82, 2.24) is 19.8 Å². The summed E-state index contributed by atoms with van der Waals surface area (Å²) in [5, 5.41) is 0. The molecule has 4 rings (SSSR count). The SMILES string of the molecule is CCCc1c(C)nc(N2CCOCC2)nc1-c1cccc(C(=P)N2CCN(C)CC2)c1. The van der Waals surface area contributed by atoms with E-state index in [1.54, 1.807) is 0 Å². The summed E-state index contributed by atoms with van der Waals surface area (Å²) in [7, 11) is 6.13. The molecule has 1 aromatic carbocycles. The number of anilines is 1. The molecule has 166 valence electrons. The van der Waals surface area contributed by atoms with Gasteiger partial charge < -0.3 is 14.5 Å². The van der Waals surface area contributed by atoms with E-state index < -0.39 is 0 Å². The molecule has 0 aliphatic carbocycles. The Hall–Kier alpha value is -1.85. The second-order valence-corrected chi connectivity index (χ2v) is 8.98. The lowest BCUT2D eigenvalue weighted by molar-refractivity contribution is 0.122. The number of hydrogen-bond acceptors (Lipinski definition) is 5. The molecule has 2 aliphatic rings. The number of morpholine rings is 1. The van der Waals surface area contributed by atoms with E-state index in [-0.39, 0.29) is 0 Å². The highest BCUT2D eigenvalue weighted by molar-refractivity contribution is 7.21. The number of ether oxygens (including phenoxy) is 1. The van der Waals surface area contributed by atoms with Gasteiger partial charge in [-0.2, -0.15) is 0 Å². The quantitative estimate of drug-likeness (QED) is 0.645. The van der Waals surface area contributed by atoms with Crippen molar-refractivity contribution in [3.8, 4) is 11.3 Å². The van der Waals surface area contributed by atoms with Crippen molar-refractivity contribution in [2.24, 2.45) is 0 Å². The highest BCUT2D eigenvalue weighted by Crippen LogP contribution is 2.29. The first-order chi connectivity index (χ1) is 15.1. The van der Waals surface area contributed by atoms with Gasteiger partial charge in [-0.05, 0) is 37.6 Å². The lowest BCUT2D eigenvalue weighted by atomic mass is 9.99. The summed E-state index contributed by atoms with van der Waals surface area (Å²) in [6.45, 7) is 11.7. The standard InChI is InChI=1S/C24H34N5OP/c1-4-6-21-18(2)25-24(29-13-15-30-16-14-29)26-22(21)19-7-5-8-20(17-19)23(31)28-11-9-27(3)10-12-28/h5,7-8,17,31H,4,6,9-16H2,1-3H3. The molecule has 0 N–H and O–H groups in total. The van der Waals surface area contributed by atoms with E-state index in [9.17, 15) is 0 Å². The molecule has 6 nitrogen and oxygen atoms in total. The van der Waals surface area contributed by atoms with Crippen LogP contribution in [0, 0.1) is 6.92 Å². The molecule has 2 saturated heterocycles. The third kappa shape index (κ3) is 5.15. The number of aromatic nitrogens is 2. The Bertz CT molecular complexity index is 920. The zero-order valence-electron chi connectivity index (χ0n) is 19.0. The van der Waals surface area contributed by atoms with E-state index in [0.29, 0.717) is 0 Å². The Labute approximate surface area is 188 Å². The van der Waals surface area contributed by atoms with Gasteiger partial charge in [0.2, 0.25) is 5.95 Å². The first-order valence-corrected chi connectivity index (χ1v) is 11.9. The van der Waals surface area contributed by atoms with Crippen LogP contribution in [-0.2, 0) is 11.2 Å². The molecule has 0 unspecified atom stereocenters. The van der Waals surface area contributed by atoms with Crippen molar-refractivity contribution in [3.63, 3.8) is 0 Å². The molecule has 7 heteroatoms. The van der Waals surface area contributed by atoms with Crippen LogP contribution in [0.2, 0.25) is 0 Å². The first kappa shape index (κ1) is 22.3. The van der Waals surface area contributed by atoms with Gasteiger partial charge in [-0.15, -0.1) is 8.86 Å². The number of aryl methyl sites for hydroxylation is 1. The average molecular weight is 440 g/mol. The maximum Gasteiger partial charge on any atom is 0.226 e. The van der Waals surface area contributed by atoms with E-state index in [4.69, 9.17) is 14.7 Å². The molecule has 0 atom stereocenters. The van der Waals surface area contributed by atoms with Crippen molar-refractivity contribution >= 4 is 20.2 Å². The smallest absolute Gasteiger partial charge is 0.226 e. The second kappa shape index (κ2) is 10.2. The summed E-state index contributed by atoms with van der Waals surface area (Å²) in [4.78, 5) is 17.0. The molecule has 1 aromatic heterocycles. The molecule has 0 saturated carbocycles. The number of benzene rings is 1. The zero-order chi connectivity index (χ0) is 21.8. The summed E-state index contributed by atoms with van der Waals surface area (Å²) in [6, 6.07) is 8.77. The number of likely N-dealkylation sites (N-methyl/N-ethyl adjacent to an activating group) is 1. The summed E-state index contributed by atoms with van der Waals surface area (Å²) >= 11 is 0. The van der Waals surface area contributed by atoms with Crippen molar-refractivity contribution in [3.05, 3.63) is 41.1 Å². The van der Waals surface area contributed by atoms with Crippen LogP contribution in [0.3, 0.4) is 0 Å². The van der Waals surface area contributed by atoms with Gasteiger partial charge in [0.25, 0.3) is 0 Å². The number of nitrogens with zero attached hydrogens (tertiary/aromatic N) is 5. The fraction of sp³-hybridized carbons (Fsp3) is 0.542. The average Bonchev–Trinajstić information content (AvgIpc) is 2.81. The van der Waals surface area contributed by atoms with E-state index >= 15 is 0 Å². The summed E-state index contributed by atoms with van der Waals surface area (Å²) in [5.74, 6) is 0.822.